The normalized spacial score (nSPS) is 11.2. The smallest absolute Gasteiger partial charge is 0.250 e. The van der Waals surface area contributed by atoms with Crippen molar-refractivity contribution in [1.29, 1.82) is 0 Å². The van der Waals surface area contributed by atoms with Gasteiger partial charge in [-0.1, -0.05) is 23.1 Å². The van der Waals surface area contributed by atoms with Crippen LogP contribution in [0, 0.1) is 20.8 Å². The number of nitrogens with one attached hydrogen (secondary N) is 1. The van der Waals surface area contributed by atoms with Crippen molar-refractivity contribution in [1.82, 2.24) is 25.4 Å². The molecule has 0 aliphatic carbocycles. The van der Waals surface area contributed by atoms with Crippen LogP contribution in [0.15, 0.2) is 32.1 Å². The second kappa shape index (κ2) is 10.2. The van der Waals surface area contributed by atoms with Gasteiger partial charge in [-0.2, -0.15) is 10.2 Å². The first-order valence-corrected chi connectivity index (χ1v) is 11.6. The van der Waals surface area contributed by atoms with Crippen molar-refractivity contribution >= 4 is 51.2 Å². The summed E-state index contributed by atoms with van der Waals surface area (Å²) in [5.74, 6) is 0.793. The average Bonchev–Trinajstić information content (AvgIpc) is 3.25. The number of aromatic nitrogens is 4. The molecule has 30 heavy (non-hydrogen) atoms. The van der Waals surface area contributed by atoms with Gasteiger partial charge in [-0.25, -0.2) is 5.43 Å². The van der Waals surface area contributed by atoms with E-state index >= 15 is 0 Å². The van der Waals surface area contributed by atoms with Gasteiger partial charge in [0.25, 0.3) is 5.91 Å². The molecule has 0 unspecified atom stereocenters. The quantitative estimate of drug-likeness (QED) is 0.283. The van der Waals surface area contributed by atoms with Crippen LogP contribution in [0.3, 0.4) is 0 Å². The molecule has 0 spiro atoms. The Kier molecular flexibility index (Phi) is 7.62. The summed E-state index contributed by atoms with van der Waals surface area (Å²) in [6.45, 7) is 6.41. The van der Waals surface area contributed by atoms with Crippen LogP contribution < -0.4 is 10.2 Å². The SMILES string of the molecule is COc1ccc(/C=N/NC(=O)CSc2nnc(C)s2)cc1Cn1nc(C)c(Br)c1C. The Morgan fingerprint density at radius 1 is 1.37 bits per heavy atom. The van der Waals surface area contributed by atoms with Gasteiger partial charge in [-0.3, -0.25) is 9.48 Å². The van der Waals surface area contributed by atoms with Gasteiger partial charge in [0, 0.05) is 5.56 Å². The number of hydrogen-bond acceptors (Lipinski definition) is 8. The molecule has 0 saturated heterocycles. The largest absolute Gasteiger partial charge is 0.496 e. The lowest BCUT2D eigenvalue weighted by molar-refractivity contribution is -0.118. The van der Waals surface area contributed by atoms with Crippen LogP contribution in [0.2, 0.25) is 0 Å². The summed E-state index contributed by atoms with van der Waals surface area (Å²) in [4.78, 5) is 12.0. The number of benzene rings is 1. The van der Waals surface area contributed by atoms with Gasteiger partial charge < -0.3 is 4.74 Å². The summed E-state index contributed by atoms with van der Waals surface area (Å²) < 4.78 is 9.18. The predicted octanol–water partition coefficient (Wildman–Crippen LogP) is 3.72. The molecule has 2 heterocycles. The Morgan fingerprint density at radius 2 is 2.17 bits per heavy atom. The number of halogens is 1. The minimum Gasteiger partial charge on any atom is -0.496 e. The monoisotopic (exact) mass is 508 g/mol. The van der Waals surface area contributed by atoms with Gasteiger partial charge in [-0.15, -0.1) is 10.2 Å². The first-order valence-electron chi connectivity index (χ1n) is 8.98. The van der Waals surface area contributed by atoms with Crippen molar-refractivity contribution in [3.8, 4) is 5.75 Å². The number of ether oxygens (including phenoxy) is 1. The molecule has 0 aliphatic rings. The third-order valence-corrected chi connectivity index (χ3v) is 7.27. The Hall–Kier alpha value is -2.24. The average molecular weight is 509 g/mol. The Bertz CT molecular complexity index is 1080. The number of carbonyl (C=O) groups excluding carboxylic acids is 1. The summed E-state index contributed by atoms with van der Waals surface area (Å²) in [6, 6.07) is 5.73. The highest BCUT2D eigenvalue weighted by Gasteiger charge is 2.12. The predicted molar refractivity (Wildman–Crippen MR) is 123 cm³/mol. The van der Waals surface area contributed by atoms with E-state index in [2.05, 4.69) is 41.8 Å². The molecule has 3 aromatic rings. The molecule has 158 valence electrons. The standard InChI is InChI=1S/C19H21BrN6O2S2/c1-11-18(20)12(2)26(25-11)9-15-7-14(5-6-16(15)28-4)8-21-23-17(27)10-29-19-24-22-13(3)30-19/h5-8H,9-10H2,1-4H3,(H,23,27)/b21-8+. The van der Waals surface area contributed by atoms with Crippen LogP contribution in [-0.4, -0.2) is 45.0 Å². The van der Waals surface area contributed by atoms with Crippen molar-refractivity contribution in [2.45, 2.75) is 31.7 Å². The first kappa shape index (κ1) is 22.4. The summed E-state index contributed by atoms with van der Waals surface area (Å²) in [5.41, 5.74) is 6.33. The lowest BCUT2D eigenvalue weighted by Crippen LogP contribution is -2.19. The van der Waals surface area contributed by atoms with Gasteiger partial charge in [-0.05, 0) is 60.5 Å². The van der Waals surface area contributed by atoms with E-state index in [1.807, 2.05) is 43.7 Å². The summed E-state index contributed by atoms with van der Waals surface area (Å²) in [6.07, 6.45) is 1.61. The molecular weight excluding hydrogens is 488 g/mol. The highest BCUT2D eigenvalue weighted by Crippen LogP contribution is 2.25. The van der Waals surface area contributed by atoms with E-state index in [1.54, 1.807) is 13.3 Å². The van der Waals surface area contributed by atoms with Crippen LogP contribution >= 0.6 is 39.0 Å². The summed E-state index contributed by atoms with van der Waals surface area (Å²) in [7, 11) is 1.64. The Balaban J connectivity index is 1.63. The van der Waals surface area contributed by atoms with Gasteiger partial charge in [0.15, 0.2) is 4.34 Å². The number of hydrazone groups is 1. The number of rotatable bonds is 8. The lowest BCUT2D eigenvalue weighted by Gasteiger charge is -2.11. The molecule has 1 amide bonds. The number of amides is 1. The topological polar surface area (TPSA) is 94.3 Å². The third-order valence-electron chi connectivity index (χ3n) is 4.15. The molecule has 0 radical (unpaired) electrons. The fraction of sp³-hybridized carbons (Fsp3) is 0.316. The molecule has 0 bridgehead atoms. The molecule has 0 fully saturated rings. The van der Waals surface area contributed by atoms with E-state index in [4.69, 9.17) is 4.74 Å². The van der Waals surface area contributed by atoms with E-state index in [0.29, 0.717) is 6.54 Å². The minimum atomic E-state index is -0.203. The first-order chi connectivity index (χ1) is 14.4. The van der Waals surface area contributed by atoms with E-state index in [0.717, 1.165) is 42.1 Å². The third kappa shape index (κ3) is 5.67. The zero-order valence-electron chi connectivity index (χ0n) is 17.0. The van der Waals surface area contributed by atoms with Gasteiger partial charge in [0.1, 0.15) is 10.8 Å². The summed E-state index contributed by atoms with van der Waals surface area (Å²) >= 11 is 6.35. The van der Waals surface area contributed by atoms with E-state index in [9.17, 15) is 4.79 Å². The highest BCUT2D eigenvalue weighted by atomic mass is 79.9. The molecule has 2 aromatic heterocycles. The van der Waals surface area contributed by atoms with Crippen LogP contribution in [0.25, 0.3) is 0 Å². The number of thioether (sulfide) groups is 1. The molecule has 8 nitrogen and oxygen atoms in total. The second-order valence-corrected chi connectivity index (χ2v) is 9.58. The fourth-order valence-corrected chi connectivity index (χ4v) is 4.56. The Morgan fingerprint density at radius 3 is 2.80 bits per heavy atom. The van der Waals surface area contributed by atoms with E-state index in [1.165, 1.54) is 23.1 Å². The van der Waals surface area contributed by atoms with Crippen LogP contribution in [0.4, 0.5) is 0 Å². The van der Waals surface area contributed by atoms with E-state index in [-0.39, 0.29) is 11.7 Å². The number of carbonyl (C=O) groups is 1. The lowest BCUT2D eigenvalue weighted by atomic mass is 10.1. The van der Waals surface area contributed by atoms with Gasteiger partial charge in [0.2, 0.25) is 0 Å². The van der Waals surface area contributed by atoms with Gasteiger partial charge >= 0.3 is 0 Å². The Labute approximate surface area is 191 Å². The van der Waals surface area contributed by atoms with E-state index < -0.39 is 0 Å². The number of aryl methyl sites for hydroxylation is 2. The second-order valence-electron chi connectivity index (χ2n) is 6.38. The van der Waals surface area contributed by atoms with Crippen molar-refractivity contribution in [2.75, 3.05) is 12.9 Å². The van der Waals surface area contributed by atoms with Crippen LogP contribution in [0.1, 0.15) is 27.5 Å². The number of nitrogens with zero attached hydrogens (tertiary/aromatic N) is 5. The number of methoxy groups -OCH3 is 1. The molecule has 0 atom stereocenters. The zero-order valence-corrected chi connectivity index (χ0v) is 20.2. The van der Waals surface area contributed by atoms with Crippen molar-refractivity contribution < 1.29 is 9.53 Å². The molecule has 3 rings (SSSR count). The minimum absolute atomic E-state index is 0.203. The van der Waals surface area contributed by atoms with Crippen LogP contribution in [0.5, 0.6) is 5.75 Å². The van der Waals surface area contributed by atoms with Crippen molar-refractivity contribution in [3.05, 3.63) is 50.2 Å². The summed E-state index contributed by atoms with van der Waals surface area (Å²) in [5, 5.41) is 17.4. The molecule has 0 saturated carbocycles. The maximum absolute atomic E-state index is 12.0. The molecular formula is C19H21BrN6O2S2. The fourth-order valence-electron chi connectivity index (χ4n) is 2.67. The van der Waals surface area contributed by atoms with Crippen molar-refractivity contribution in [2.24, 2.45) is 5.10 Å². The molecule has 11 heteroatoms. The number of hydrogen-bond donors (Lipinski definition) is 1. The maximum Gasteiger partial charge on any atom is 0.250 e. The van der Waals surface area contributed by atoms with Crippen LogP contribution in [-0.2, 0) is 11.3 Å². The molecule has 1 N–H and O–H groups in total. The maximum atomic E-state index is 12.0. The molecule has 1 aromatic carbocycles. The highest BCUT2D eigenvalue weighted by molar-refractivity contribution is 9.10. The van der Waals surface area contributed by atoms with Gasteiger partial charge in [0.05, 0.1) is 41.5 Å². The van der Waals surface area contributed by atoms with Crippen molar-refractivity contribution in [3.63, 3.8) is 0 Å². The molecule has 0 aliphatic heterocycles. The zero-order chi connectivity index (χ0) is 21.7.